The molecule has 0 fully saturated rings. The van der Waals surface area contributed by atoms with E-state index in [-0.39, 0.29) is 43.1 Å². The van der Waals surface area contributed by atoms with Crippen LogP contribution < -0.4 is 53.2 Å². The fourth-order valence-corrected chi connectivity index (χ4v) is 6.75. The smallest absolute Gasteiger partial charge is 0.407 e. The van der Waals surface area contributed by atoms with E-state index in [2.05, 4.69) is 53.2 Å². The number of ether oxygens (including phenoxy) is 2. The number of hydrogen-bond donors (Lipinski definition) is 10. The third kappa shape index (κ3) is 24.3. The summed E-state index contributed by atoms with van der Waals surface area (Å²) in [6, 6.07) is 4.71. The zero-order chi connectivity index (χ0) is 54.9. The van der Waals surface area contributed by atoms with E-state index in [0.29, 0.717) is 12.8 Å². The molecule has 0 aliphatic rings. The van der Waals surface area contributed by atoms with Gasteiger partial charge in [0.15, 0.2) is 0 Å². The van der Waals surface area contributed by atoms with Gasteiger partial charge in [0, 0.05) is 0 Å². The van der Waals surface area contributed by atoms with E-state index in [4.69, 9.17) is 9.47 Å². The molecule has 10 N–H and O–H groups in total. The maximum Gasteiger partial charge on any atom is 0.407 e. The second kappa shape index (κ2) is 30.8. The van der Waals surface area contributed by atoms with Gasteiger partial charge < -0.3 is 62.6 Å². The monoisotopic (exact) mass is 1020 g/mol. The highest BCUT2D eigenvalue weighted by atomic mass is 16.5. The molecule has 0 aliphatic carbocycles. The van der Waals surface area contributed by atoms with Gasteiger partial charge in [-0.2, -0.15) is 0 Å². The Kier molecular flexibility index (Phi) is 27.1. The molecule has 1 rings (SSSR count). The van der Waals surface area contributed by atoms with Crippen molar-refractivity contribution in [3.8, 4) is 0 Å². The highest BCUT2D eigenvalue weighted by Crippen LogP contribution is 2.13. The lowest BCUT2D eigenvalue weighted by molar-refractivity contribution is -0.146. The van der Waals surface area contributed by atoms with Crippen LogP contribution in [0.2, 0.25) is 0 Å². The van der Waals surface area contributed by atoms with Gasteiger partial charge in [0.1, 0.15) is 48.4 Å². The molecule has 5 atom stereocenters. The minimum atomic E-state index is -1.60. The van der Waals surface area contributed by atoms with Crippen molar-refractivity contribution in [3.05, 3.63) is 35.9 Å². The van der Waals surface area contributed by atoms with Crippen molar-refractivity contribution in [2.75, 3.05) is 33.3 Å². The molecule has 0 aliphatic heterocycles. The van der Waals surface area contributed by atoms with Crippen LogP contribution in [0.1, 0.15) is 114 Å². The summed E-state index contributed by atoms with van der Waals surface area (Å²) in [5.74, 6) is -7.56. The summed E-state index contributed by atoms with van der Waals surface area (Å²) < 4.78 is 9.94. The van der Waals surface area contributed by atoms with Crippen LogP contribution in [-0.4, -0.2) is 134 Å². The average molecular weight is 1020 g/mol. The van der Waals surface area contributed by atoms with E-state index in [1.807, 2.05) is 40.7 Å². The molecule has 23 heteroatoms. The lowest BCUT2D eigenvalue weighted by Crippen LogP contribution is -2.61. The van der Waals surface area contributed by atoms with Gasteiger partial charge in [-0.05, 0) is 76.2 Å². The Hall–Kier alpha value is -6.81. The lowest BCUT2D eigenvalue weighted by Gasteiger charge is -2.29. The van der Waals surface area contributed by atoms with E-state index in [1.54, 1.807) is 45.0 Å². The molecule has 0 heterocycles. The average Bonchev–Trinajstić information content (AvgIpc) is 3.30. The number of nitrogens with one attached hydrogen (secondary N) is 10. The normalized spacial score (nSPS) is 13.4. The third-order valence-electron chi connectivity index (χ3n) is 10.9. The first-order chi connectivity index (χ1) is 33.5. The minimum Gasteiger partial charge on any atom is -0.467 e. The van der Waals surface area contributed by atoms with E-state index >= 15 is 0 Å². The van der Waals surface area contributed by atoms with E-state index in [0.717, 1.165) is 5.56 Å². The molecule has 0 radical (unpaired) electrons. The number of hydrogen-bond acceptors (Lipinski definition) is 13. The van der Waals surface area contributed by atoms with Crippen LogP contribution in [0.15, 0.2) is 30.3 Å². The number of amides is 10. The van der Waals surface area contributed by atoms with Crippen molar-refractivity contribution < 1.29 is 62.2 Å². The minimum absolute atomic E-state index is 0.00807. The quantitative estimate of drug-likeness (QED) is 0.0466. The second-order valence-corrected chi connectivity index (χ2v) is 19.9. The Morgan fingerprint density at radius 3 is 1.38 bits per heavy atom. The fraction of sp³-hybridized carbons (Fsp3) is 0.653. The Bertz CT molecular complexity index is 2030. The van der Waals surface area contributed by atoms with E-state index < -0.39 is 127 Å². The third-order valence-corrected chi connectivity index (χ3v) is 10.9. The highest BCUT2D eigenvalue weighted by molar-refractivity contribution is 5.98. The summed E-state index contributed by atoms with van der Waals surface area (Å²) in [7, 11) is 1.21. The maximum absolute atomic E-state index is 13.5. The number of carbonyl (C=O) groups excluding carboxylic acids is 11. The van der Waals surface area contributed by atoms with Gasteiger partial charge in [-0.1, -0.05) is 92.1 Å². The van der Waals surface area contributed by atoms with Crippen LogP contribution in [0.4, 0.5) is 4.79 Å². The second-order valence-electron chi connectivity index (χ2n) is 19.9. The fourth-order valence-electron chi connectivity index (χ4n) is 6.75. The van der Waals surface area contributed by atoms with Crippen LogP contribution >= 0.6 is 0 Å². The van der Waals surface area contributed by atoms with Crippen molar-refractivity contribution in [2.45, 2.75) is 151 Å². The first kappa shape index (κ1) is 63.2. The highest BCUT2D eigenvalue weighted by Gasteiger charge is 2.36. The Morgan fingerprint density at radius 1 is 0.514 bits per heavy atom. The number of benzene rings is 1. The van der Waals surface area contributed by atoms with Crippen LogP contribution in [-0.2, 0) is 64.0 Å². The molecular formula is C49H80N10O13. The van der Waals surface area contributed by atoms with Gasteiger partial charge in [-0.3, -0.25) is 43.2 Å². The maximum atomic E-state index is 13.5. The van der Waals surface area contributed by atoms with Gasteiger partial charge >= 0.3 is 12.1 Å². The summed E-state index contributed by atoms with van der Waals surface area (Å²) in [4.78, 5) is 142. The molecule has 0 bridgehead atoms. The molecule has 1 aromatic carbocycles. The number of methoxy groups -OCH3 is 1. The molecule has 1 aromatic rings. The molecule has 72 heavy (non-hydrogen) atoms. The summed E-state index contributed by atoms with van der Waals surface area (Å²) in [6.45, 7) is 17.9. The van der Waals surface area contributed by atoms with Gasteiger partial charge in [-0.25, -0.2) is 9.59 Å². The predicted molar refractivity (Wildman–Crippen MR) is 266 cm³/mol. The Morgan fingerprint density at radius 2 is 0.931 bits per heavy atom. The summed E-state index contributed by atoms with van der Waals surface area (Å²) in [5, 5.41) is 25.1. The van der Waals surface area contributed by atoms with Crippen molar-refractivity contribution in [1.29, 1.82) is 0 Å². The predicted octanol–water partition coefficient (Wildman–Crippen LogP) is 0.348. The van der Waals surface area contributed by atoms with Gasteiger partial charge in [-0.15, -0.1) is 0 Å². The molecule has 0 saturated carbocycles. The molecular weight excluding hydrogens is 937 g/mol. The van der Waals surface area contributed by atoms with Crippen molar-refractivity contribution in [1.82, 2.24) is 53.2 Å². The first-order valence-corrected chi connectivity index (χ1v) is 24.2. The van der Waals surface area contributed by atoms with Crippen LogP contribution in [0.25, 0.3) is 0 Å². The van der Waals surface area contributed by atoms with E-state index in [1.165, 1.54) is 34.8 Å². The molecule has 404 valence electrons. The largest absolute Gasteiger partial charge is 0.467 e. The number of rotatable bonds is 30. The van der Waals surface area contributed by atoms with Crippen LogP contribution in [0.5, 0.6) is 0 Å². The topological polar surface area (TPSA) is 327 Å². The Labute approximate surface area is 423 Å². The lowest BCUT2D eigenvalue weighted by atomic mass is 9.97. The standard InChI is InChI=1S/C49H80N10O13/c1-14-31(8)40(43(66)56-35(22-30(6)7)44(67)71-13)57-39(63)25-52-46(69)49(11,12)59-41(64)33(20-28(2)3)54-37(61)24-50-36(60)23-51-45(68)48(9,10)58-42(65)34(21-29(4)5)55-38(62)26-53-47(70)72-27-32-18-16-15-17-19-32/h15-19,28-31,33-35,40H,14,20-27H2,1-13H3,(H,50,60)(H,51,68)(H,52,69)(H,53,70)(H,54,61)(H,55,62)(H,56,66)(H,57,63)(H,58,65)(H,59,64)/t31-,33-,34-,35-,40-/m0/s1. The van der Waals surface area contributed by atoms with Gasteiger partial charge in [0.2, 0.25) is 53.2 Å². The van der Waals surface area contributed by atoms with Crippen molar-refractivity contribution in [3.63, 3.8) is 0 Å². The molecule has 10 amide bonds. The van der Waals surface area contributed by atoms with Crippen molar-refractivity contribution >= 4 is 65.2 Å². The van der Waals surface area contributed by atoms with Crippen LogP contribution in [0, 0.1) is 23.7 Å². The number of esters is 1. The van der Waals surface area contributed by atoms with E-state index in [9.17, 15) is 52.7 Å². The Balaban J connectivity index is 2.77. The number of alkyl carbamates (subject to hydrolysis) is 1. The number of carbonyl (C=O) groups is 11. The zero-order valence-electron chi connectivity index (χ0n) is 44.2. The summed E-state index contributed by atoms with van der Waals surface area (Å²) in [6.07, 6.45) is 0.306. The zero-order valence-corrected chi connectivity index (χ0v) is 44.2. The first-order valence-electron chi connectivity index (χ1n) is 24.2. The van der Waals surface area contributed by atoms with Crippen molar-refractivity contribution in [2.24, 2.45) is 23.7 Å². The molecule has 0 aromatic heterocycles. The summed E-state index contributed by atoms with van der Waals surface area (Å²) in [5.41, 5.74) is -2.43. The molecule has 0 unspecified atom stereocenters. The SMILES string of the molecule is CC[C@H](C)[C@H](NC(=O)CNC(=O)C(C)(C)NC(=O)[C@H](CC(C)C)NC(=O)CNC(=O)CNC(=O)C(C)(C)NC(=O)[C@H](CC(C)C)NC(=O)CNC(=O)OCc1ccccc1)C(=O)N[C@@H](CC(C)C)C(=O)OC. The molecule has 23 nitrogen and oxygen atoms in total. The van der Waals surface area contributed by atoms with Gasteiger partial charge in [0.25, 0.3) is 0 Å². The summed E-state index contributed by atoms with van der Waals surface area (Å²) >= 11 is 0. The van der Waals surface area contributed by atoms with Crippen LogP contribution in [0.3, 0.4) is 0 Å². The molecule has 0 saturated heterocycles. The van der Waals surface area contributed by atoms with Gasteiger partial charge in [0.05, 0.1) is 26.7 Å². The molecule has 0 spiro atoms.